The van der Waals surface area contributed by atoms with E-state index in [0.717, 1.165) is 5.56 Å². The zero-order valence-electron chi connectivity index (χ0n) is 19.0. The van der Waals surface area contributed by atoms with Crippen molar-refractivity contribution in [2.24, 2.45) is 0 Å². The average Bonchev–Trinajstić information content (AvgIpc) is 3.34. The van der Waals surface area contributed by atoms with Gasteiger partial charge in [0.25, 0.3) is 5.91 Å². The van der Waals surface area contributed by atoms with Gasteiger partial charge >= 0.3 is 0 Å². The Morgan fingerprint density at radius 2 is 1.78 bits per heavy atom. The van der Waals surface area contributed by atoms with Crippen LogP contribution in [0.1, 0.15) is 34.5 Å². The predicted molar refractivity (Wildman–Crippen MR) is 137 cm³/mol. The lowest BCUT2D eigenvalue weighted by Crippen LogP contribution is -2.23. The highest BCUT2D eigenvalue weighted by Gasteiger charge is 2.34. The van der Waals surface area contributed by atoms with E-state index < -0.39 is 5.92 Å². The smallest absolute Gasteiger partial charge is 0.256 e. The molecule has 1 aliphatic rings. The Kier molecular flexibility index (Phi) is 6.00. The number of carbonyl (C=O) groups is 1. The van der Waals surface area contributed by atoms with E-state index in [4.69, 9.17) is 16.0 Å². The van der Waals surface area contributed by atoms with Crippen molar-refractivity contribution in [3.8, 4) is 12.1 Å². The highest BCUT2D eigenvalue weighted by atomic mass is 35.5. The van der Waals surface area contributed by atoms with Crippen LogP contribution in [-0.4, -0.2) is 10.9 Å². The number of carbonyl (C=O) groups excluding carboxylic acids is 1. The first-order valence-electron chi connectivity index (χ1n) is 11.0. The van der Waals surface area contributed by atoms with Crippen molar-refractivity contribution in [3.63, 3.8) is 0 Å². The number of nitrogens with zero attached hydrogens (tertiary/aromatic N) is 3. The highest BCUT2D eigenvalue weighted by molar-refractivity contribution is 6.30. The van der Waals surface area contributed by atoms with Crippen molar-refractivity contribution in [2.75, 3.05) is 5.32 Å². The van der Waals surface area contributed by atoms with Gasteiger partial charge in [0, 0.05) is 22.5 Å². The van der Waals surface area contributed by atoms with Crippen LogP contribution in [-0.2, 0) is 0 Å². The quantitative estimate of drug-likeness (QED) is 0.353. The number of anilines is 1. The standard InChI is InChI=1S/C28H18ClN5O2/c1-16-21(14-30)25(22(15-31)26(33-16)17-7-9-19(29)10-8-17)24-13-20-23(36-24)11-12-32-27(20)34-28(35)18-5-3-2-4-6-18/h2-13,25,33H,1H3,(H,32,34,35). The molecule has 174 valence electrons. The molecule has 1 amide bonds. The van der Waals surface area contributed by atoms with E-state index in [1.165, 1.54) is 6.20 Å². The molecule has 8 heteroatoms. The minimum Gasteiger partial charge on any atom is -0.460 e. The summed E-state index contributed by atoms with van der Waals surface area (Å²) >= 11 is 6.05. The lowest BCUT2D eigenvalue weighted by atomic mass is 9.83. The van der Waals surface area contributed by atoms with Crippen LogP contribution in [0, 0.1) is 22.7 Å². The molecule has 5 rings (SSSR count). The van der Waals surface area contributed by atoms with Crippen LogP contribution in [0.3, 0.4) is 0 Å². The summed E-state index contributed by atoms with van der Waals surface area (Å²) < 4.78 is 6.14. The zero-order valence-corrected chi connectivity index (χ0v) is 19.8. The summed E-state index contributed by atoms with van der Waals surface area (Å²) in [7, 11) is 0. The minimum absolute atomic E-state index is 0.309. The van der Waals surface area contributed by atoms with Crippen molar-refractivity contribution in [3.05, 3.63) is 112 Å². The number of hydrogen-bond acceptors (Lipinski definition) is 6. The minimum atomic E-state index is -0.739. The van der Waals surface area contributed by atoms with Gasteiger partial charge in [-0.1, -0.05) is 41.9 Å². The molecule has 0 fully saturated rings. The number of dihydropyridines is 1. The van der Waals surface area contributed by atoms with Gasteiger partial charge in [0.2, 0.25) is 0 Å². The Balaban J connectivity index is 1.61. The molecular weight excluding hydrogens is 474 g/mol. The summed E-state index contributed by atoms with van der Waals surface area (Å²) in [6.45, 7) is 1.78. The topological polar surface area (TPSA) is 115 Å². The fraction of sp³-hybridized carbons (Fsp3) is 0.0714. The maximum absolute atomic E-state index is 12.7. The Hall–Kier alpha value is -4.85. The molecule has 0 bridgehead atoms. The Labute approximate surface area is 211 Å². The van der Waals surface area contributed by atoms with E-state index in [2.05, 4.69) is 27.8 Å². The van der Waals surface area contributed by atoms with E-state index in [-0.39, 0.29) is 5.91 Å². The molecule has 0 radical (unpaired) electrons. The molecule has 1 aliphatic heterocycles. The molecule has 0 aliphatic carbocycles. The van der Waals surface area contributed by atoms with Crippen LogP contribution >= 0.6 is 11.6 Å². The summed E-state index contributed by atoms with van der Waals surface area (Å²) in [4.78, 5) is 17.1. The number of allylic oxidation sites excluding steroid dienone is 3. The summed E-state index contributed by atoms with van der Waals surface area (Å²) in [6, 6.07) is 23.8. The van der Waals surface area contributed by atoms with E-state index in [9.17, 15) is 15.3 Å². The fourth-order valence-electron chi connectivity index (χ4n) is 4.22. The third-order valence-corrected chi connectivity index (χ3v) is 6.21. The average molecular weight is 492 g/mol. The van der Waals surface area contributed by atoms with Crippen molar-refractivity contribution in [1.29, 1.82) is 10.5 Å². The molecule has 7 nitrogen and oxygen atoms in total. The van der Waals surface area contributed by atoms with Crippen LogP contribution in [0.15, 0.2) is 94.2 Å². The highest BCUT2D eigenvalue weighted by Crippen LogP contribution is 2.42. The SMILES string of the molecule is CC1=C(C#N)C(c2cc3c(NC(=O)c4ccccc4)nccc3o2)C(C#N)=C(c2ccc(Cl)cc2)N1. The first kappa shape index (κ1) is 22.9. The number of rotatable bonds is 4. The summed E-state index contributed by atoms with van der Waals surface area (Å²) in [5.41, 5.74) is 3.61. The number of fused-ring (bicyclic) bond motifs is 1. The van der Waals surface area contributed by atoms with E-state index in [1.54, 1.807) is 55.5 Å². The first-order chi connectivity index (χ1) is 17.5. The molecule has 2 aromatic carbocycles. The molecule has 0 saturated carbocycles. The van der Waals surface area contributed by atoms with Gasteiger partial charge in [-0.05, 0) is 48.9 Å². The van der Waals surface area contributed by atoms with Crippen molar-refractivity contribution < 1.29 is 9.21 Å². The molecule has 2 N–H and O–H groups in total. The molecule has 0 saturated heterocycles. The maximum Gasteiger partial charge on any atom is 0.256 e. The number of nitriles is 2. The van der Waals surface area contributed by atoms with Crippen LogP contribution in [0.2, 0.25) is 5.02 Å². The van der Waals surface area contributed by atoms with Gasteiger partial charge in [-0.3, -0.25) is 4.79 Å². The van der Waals surface area contributed by atoms with Gasteiger partial charge < -0.3 is 15.1 Å². The van der Waals surface area contributed by atoms with Gasteiger partial charge in [-0.25, -0.2) is 4.98 Å². The third-order valence-electron chi connectivity index (χ3n) is 5.95. The molecule has 4 aromatic rings. The number of nitrogens with one attached hydrogen (secondary N) is 2. The van der Waals surface area contributed by atoms with Crippen LogP contribution in [0.4, 0.5) is 5.82 Å². The number of pyridine rings is 1. The van der Waals surface area contributed by atoms with Gasteiger partial charge in [-0.2, -0.15) is 10.5 Å². The van der Waals surface area contributed by atoms with Crippen molar-refractivity contribution in [2.45, 2.75) is 12.8 Å². The summed E-state index contributed by atoms with van der Waals surface area (Å²) in [6.07, 6.45) is 1.53. The van der Waals surface area contributed by atoms with E-state index >= 15 is 0 Å². The van der Waals surface area contributed by atoms with Gasteiger partial charge in [0.1, 0.15) is 17.2 Å². The molecule has 2 aromatic heterocycles. The molecule has 3 heterocycles. The summed E-state index contributed by atoms with van der Waals surface area (Å²) in [5, 5.41) is 27.3. The second kappa shape index (κ2) is 9.42. The molecular formula is C28H18ClN5O2. The Bertz CT molecular complexity index is 1640. The number of benzene rings is 2. The second-order valence-electron chi connectivity index (χ2n) is 8.16. The largest absolute Gasteiger partial charge is 0.460 e. The lowest BCUT2D eigenvalue weighted by Gasteiger charge is -2.26. The van der Waals surface area contributed by atoms with Gasteiger partial charge in [0.05, 0.1) is 40.3 Å². The maximum atomic E-state index is 12.7. The van der Waals surface area contributed by atoms with Crippen LogP contribution in [0.25, 0.3) is 16.7 Å². The molecule has 1 unspecified atom stereocenters. The molecule has 0 spiro atoms. The number of hydrogen-bond donors (Lipinski definition) is 2. The molecule has 36 heavy (non-hydrogen) atoms. The monoisotopic (exact) mass is 491 g/mol. The summed E-state index contributed by atoms with van der Waals surface area (Å²) in [5.74, 6) is -0.327. The number of halogens is 1. The predicted octanol–water partition coefficient (Wildman–Crippen LogP) is 6.15. The third kappa shape index (κ3) is 4.09. The van der Waals surface area contributed by atoms with Crippen molar-refractivity contribution >= 4 is 40.0 Å². The van der Waals surface area contributed by atoms with E-state index in [1.807, 2.05) is 18.2 Å². The lowest BCUT2D eigenvalue weighted by molar-refractivity contribution is 0.102. The number of aromatic nitrogens is 1. The molecule has 1 atom stereocenters. The Morgan fingerprint density at radius 1 is 1.06 bits per heavy atom. The first-order valence-corrected chi connectivity index (χ1v) is 11.4. The Morgan fingerprint density at radius 3 is 2.47 bits per heavy atom. The zero-order chi connectivity index (χ0) is 25.2. The number of furan rings is 1. The fourth-order valence-corrected chi connectivity index (χ4v) is 4.34. The second-order valence-corrected chi connectivity index (χ2v) is 8.59. The van der Waals surface area contributed by atoms with Crippen molar-refractivity contribution in [1.82, 2.24) is 10.3 Å². The van der Waals surface area contributed by atoms with Crippen LogP contribution < -0.4 is 10.6 Å². The van der Waals surface area contributed by atoms with Gasteiger partial charge in [0.15, 0.2) is 0 Å². The van der Waals surface area contributed by atoms with Crippen LogP contribution in [0.5, 0.6) is 0 Å². The normalized spacial score (nSPS) is 15.3. The number of amides is 1. The van der Waals surface area contributed by atoms with E-state index in [0.29, 0.717) is 55.7 Å². The van der Waals surface area contributed by atoms with Gasteiger partial charge in [-0.15, -0.1) is 0 Å².